The maximum atomic E-state index is 13.4. The number of benzene rings is 2. The number of para-hydroxylation sites is 2. The third-order valence-corrected chi connectivity index (χ3v) is 4.20. The fraction of sp³-hybridized carbons (Fsp3) is 0.263. The maximum absolute atomic E-state index is 13.4. The predicted octanol–water partition coefficient (Wildman–Crippen LogP) is 4.82. The molecule has 0 unspecified atom stereocenters. The average molecular weight is 395 g/mol. The predicted molar refractivity (Wildman–Crippen MR) is 97.2 cm³/mol. The number of rotatable bonds is 6. The van der Waals surface area contributed by atoms with Gasteiger partial charge >= 0.3 is 12.5 Å². The van der Waals surface area contributed by atoms with Crippen LogP contribution in [0.2, 0.25) is 5.02 Å². The van der Waals surface area contributed by atoms with Crippen LogP contribution < -0.4 is 4.74 Å². The Kier molecular flexibility index (Phi) is 5.60. The Balaban J connectivity index is 1.66. The standard InChI is InChI=1S/C19H17ClF2N2O3/c1-11-7-13(20)8-12(2)18(11)27-10-17(25)26-9-16-23-14-5-3-4-6-15(14)24(16)19(21)22/h3-8,19H,9-10H2,1-2H3. The van der Waals surface area contributed by atoms with Gasteiger partial charge in [-0.15, -0.1) is 0 Å². The van der Waals surface area contributed by atoms with Crippen LogP contribution in [-0.2, 0) is 16.1 Å². The number of aromatic nitrogens is 2. The summed E-state index contributed by atoms with van der Waals surface area (Å²) < 4.78 is 38.0. The van der Waals surface area contributed by atoms with Crippen molar-refractivity contribution in [2.24, 2.45) is 0 Å². The minimum atomic E-state index is -2.79. The summed E-state index contributed by atoms with van der Waals surface area (Å²) in [6, 6.07) is 9.94. The highest BCUT2D eigenvalue weighted by Crippen LogP contribution is 2.27. The zero-order valence-corrected chi connectivity index (χ0v) is 15.5. The molecule has 0 fully saturated rings. The van der Waals surface area contributed by atoms with Gasteiger partial charge in [0.05, 0.1) is 11.0 Å². The molecule has 0 aliphatic rings. The van der Waals surface area contributed by atoms with Gasteiger partial charge in [-0.1, -0.05) is 23.7 Å². The molecule has 0 atom stereocenters. The van der Waals surface area contributed by atoms with Crippen LogP contribution in [0.4, 0.5) is 8.78 Å². The van der Waals surface area contributed by atoms with Crippen molar-refractivity contribution in [3.05, 3.63) is 58.4 Å². The molecule has 1 aromatic heterocycles. The first-order valence-corrected chi connectivity index (χ1v) is 8.53. The number of hydrogen-bond donors (Lipinski definition) is 0. The number of nitrogens with zero attached hydrogens (tertiary/aromatic N) is 2. The molecule has 27 heavy (non-hydrogen) atoms. The van der Waals surface area contributed by atoms with E-state index < -0.39 is 12.5 Å². The molecule has 3 aromatic rings. The fourth-order valence-electron chi connectivity index (χ4n) is 2.86. The number of carbonyl (C=O) groups is 1. The highest BCUT2D eigenvalue weighted by atomic mass is 35.5. The smallest absolute Gasteiger partial charge is 0.344 e. The van der Waals surface area contributed by atoms with Crippen LogP contribution in [0.1, 0.15) is 23.5 Å². The Morgan fingerprint density at radius 3 is 2.56 bits per heavy atom. The summed E-state index contributed by atoms with van der Waals surface area (Å²) in [6.45, 7) is 0.106. The summed E-state index contributed by atoms with van der Waals surface area (Å²) >= 11 is 5.96. The number of carbonyl (C=O) groups excluding carboxylic acids is 1. The van der Waals surface area contributed by atoms with Crippen molar-refractivity contribution >= 4 is 28.6 Å². The van der Waals surface area contributed by atoms with Gasteiger partial charge in [-0.2, -0.15) is 8.78 Å². The second kappa shape index (κ2) is 7.92. The van der Waals surface area contributed by atoms with Gasteiger partial charge in [0.1, 0.15) is 12.4 Å². The Bertz CT molecular complexity index is 965. The van der Waals surface area contributed by atoms with E-state index in [1.54, 1.807) is 30.3 Å². The minimum absolute atomic E-state index is 0.0293. The number of hydrogen-bond acceptors (Lipinski definition) is 4. The normalized spacial score (nSPS) is 11.2. The van der Waals surface area contributed by atoms with Crippen molar-refractivity contribution in [3.8, 4) is 5.75 Å². The van der Waals surface area contributed by atoms with E-state index in [1.165, 1.54) is 6.07 Å². The fourth-order valence-corrected chi connectivity index (χ4v) is 3.18. The molecule has 2 aromatic carbocycles. The molecular formula is C19H17ClF2N2O3. The third-order valence-electron chi connectivity index (χ3n) is 3.99. The zero-order valence-electron chi connectivity index (χ0n) is 14.7. The number of fused-ring (bicyclic) bond motifs is 1. The summed E-state index contributed by atoms with van der Waals surface area (Å²) in [4.78, 5) is 16.1. The van der Waals surface area contributed by atoms with Crippen molar-refractivity contribution in [1.82, 2.24) is 9.55 Å². The van der Waals surface area contributed by atoms with E-state index in [2.05, 4.69) is 4.98 Å². The monoisotopic (exact) mass is 394 g/mol. The molecule has 0 saturated carbocycles. The molecule has 0 aliphatic heterocycles. The average Bonchev–Trinajstić information content (AvgIpc) is 2.97. The Labute approximate surface area is 159 Å². The van der Waals surface area contributed by atoms with Crippen molar-refractivity contribution in [2.45, 2.75) is 27.0 Å². The SMILES string of the molecule is Cc1cc(Cl)cc(C)c1OCC(=O)OCc1nc2ccccc2n1C(F)F. The molecule has 0 spiro atoms. The highest BCUT2D eigenvalue weighted by Gasteiger charge is 2.19. The molecule has 1 heterocycles. The van der Waals surface area contributed by atoms with Gasteiger partial charge in [-0.3, -0.25) is 4.57 Å². The first-order chi connectivity index (χ1) is 12.9. The Morgan fingerprint density at radius 1 is 1.22 bits per heavy atom. The van der Waals surface area contributed by atoms with E-state index in [1.807, 2.05) is 13.8 Å². The summed E-state index contributed by atoms with van der Waals surface area (Å²) in [5, 5.41) is 0.575. The molecule has 5 nitrogen and oxygen atoms in total. The zero-order chi connectivity index (χ0) is 19.6. The second-order valence-corrected chi connectivity index (χ2v) is 6.42. The lowest BCUT2D eigenvalue weighted by Crippen LogP contribution is -2.17. The summed E-state index contributed by atoms with van der Waals surface area (Å²) in [7, 11) is 0. The van der Waals surface area contributed by atoms with Crippen LogP contribution >= 0.6 is 11.6 Å². The van der Waals surface area contributed by atoms with Crippen molar-refractivity contribution < 1.29 is 23.0 Å². The molecular weight excluding hydrogens is 378 g/mol. The van der Waals surface area contributed by atoms with Crippen molar-refractivity contribution in [1.29, 1.82) is 0 Å². The lowest BCUT2D eigenvalue weighted by molar-refractivity contribution is -0.147. The van der Waals surface area contributed by atoms with Crippen LogP contribution in [0.5, 0.6) is 5.75 Å². The van der Waals surface area contributed by atoms with Crippen molar-refractivity contribution in [3.63, 3.8) is 0 Å². The van der Waals surface area contributed by atoms with Crippen LogP contribution in [0.25, 0.3) is 11.0 Å². The van der Waals surface area contributed by atoms with E-state index in [-0.39, 0.29) is 24.6 Å². The molecule has 0 saturated heterocycles. The summed E-state index contributed by atoms with van der Waals surface area (Å²) in [5.74, 6) is -0.175. The molecule has 142 valence electrons. The van der Waals surface area contributed by atoms with E-state index in [9.17, 15) is 13.6 Å². The second-order valence-electron chi connectivity index (χ2n) is 5.98. The first-order valence-electron chi connectivity index (χ1n) is 8.16. The lowest BCUT2D eigenvalue weighted by Gasteiger charge is -2.12. The molecule has 0 N–H and O–H groups in total. The number of halogens is 3. The summed E-state index contributed by atoms with van der Waals surface area (Å²) in [5.41, 5.74) is 2.26. The maximum Gasteiger partial charge on any atom is 0.344 e. The van der Waals surface area contributed by atoms with Gasteiger partial charge in [0.15, 0.2) is 12.4 Å². The number of aryl methyl sites for hydroxylation is 2. The quantitative estimate of drug-likeness (QED) is 0.562. The number of ether oxygens (including phenoxy) is 2. The van der Waals surface area contributed by atoms with Gasteiger partial charge in [-0.05, 0) is 49.2 Å². The van der Waals surface area contributed by atoms with Gasteiger partial charge in [0.2, 0.25) is 0 Å². The molecule has 0 radical (unpaired) electrons. The largest absolute Gasteiger partial charge is 0.481 e. The Hall–Kier alpha value is -2.67. The minimum Gasteiger partial charge on any atom is -0.481 e. The van der Waals surface area contributed by atoms with E-state index >= 15 is 0 Å². The van der Waals surface area contributed by atoms with E-state index in [0.29, 0.717) is 16.3 Å². The number of esters is 1. The van der Waals surface area contributed by atoms with Gasteiger partial charge in [-0.25, -0.2) is 9.78 Å². The first kappa shape index (κ1) is 19.1. The van der Waals surface area contributed by atoms with E-state index in [4.69, 9.17) is 21.1 Å². The highest BCUT2D eigenvalue weighted by molar-refractivity contribution is 6.30. The van der Waals surface area contributed by atoms with Crippen LogP contribution in [0, 0.1) is 13.8 Å². The van der Waals surface area contributed by atoms with E-state index in [0.717, 1.165) is 15.7 Å². The van der Waals surface area contributed by atoms with Crippen LogP contribution in [0.3, 0.4) is 0 Å². The van der Waals surface area contributed by atoms with Gasteiger partial charge < -0.3 is 9.47 Å². The molecule has 0 amide bonds. The topological polar surface area (TPSA) is 53.4 Å². The molecule has 0 aliphatic carbocycles. The number of imidazole rings is 1. The molecule has 3 rings (SSSR count). The summed E-state index contributed by atoms with van der Waals surface area (Å²) in [6.07, 6.45) is 0. The molecule has 0 bridgehead atoms. The van der Waals surface area contributed by atoms with Crippen LogP contribution in [0.15, 0.2) is 36.4 Å². The molecule has 8 heteroatoms. The van der Waals surface area contributed by atoms with Crippen LogP contribution in [-0.4, -0.2) is 22.1 Å². The van der Waals surface area contributed by atoms with Crippen molar-refractivity contribution in [2.75, 3.05) is 6.61 Å². The number of alkyl halides is 2. The van der Waals surface area contributed by atoms with Gasteiger partial charge in [0, 0.05) is 5.02 Å². The van der Waals surface area contributed by atoms with Gasteiger partial charge in [0.25, 0.3) is 0 Å². The lowest BCUT2D eigenvalue weighted by atomic mass is 10.1. The Morgan fingerprint density at radius 2 is 1.89 bits per heavy atom. The third kappa shape index (κ3) is 4.19.